The Morgan fingerprint density at radius 1 is 1.06 bits per heavy atom. The van der Waals surface area contributed by atoms with E-state index in [0.29, 0.717) is 17.7 Å². The third-order valence-corrected chi connectivity index (χ3v) is 5.59. The van der Waals surface area contributed by atoms with Crippen molar-refractivity contribution in [3.05, 3.63) is 54.1 Å². The van der Waals surface area contributed by atoms with Crippen LogP contribution in [-0.2, 0) is 9.59 Å². The van der Waals surface area contributed by atoms with E-state index >= 15 is 0 Å². The molecule has 2 aromatic carbocycles. The maximum absolute atomic E-state index is 13.0. The lowest BCUT2D eigenvalue weighted by Crippen LogP contribution is -2.32. The van der Waals surface area contributed by atoms with E-state index in [9.17, 15) is 14.0 Å². The molecule has 8 heteroatoms. The first kappa shape index (κ1) is 29.2. The number of rotatable bonds is 11. The van der Waals surface area contributed by atoms with Gasteiger partial charge in [-0.3, -0.25) is 9.59 Å². The number of anilines is 2. The fourth-order valence-electron chi connectivity index (χ4n) is 2.61. The van der Waals surface area contributed by atoms with Crippen molar-refractivity contribution in [1.29, 1.82) is 0 Å². The average Bonchev–Trinajstić information content (AvgIpc) is 2.84. The number of carbonyl (C=O) groups is 2. The SMILES string of the molecule is CC.CCCCCC(=O)N=C(N)c1ccc(SNc2cccc(NC(=O)C(C)(C)CF)c2)cc1. The lowest BCUT2D eigenvalue weighted by molar-refractivity contribution is -0.124. The van der Waals surface area contributed by atoms with Crippen molar-refractivity contribution in [1.82, 2.24) is 0 Å². The molecule has 0 spiro atoms. The van der Waals surface area contributed by atoms with Crippen LogP contribution in [0.5, 0.6) is 0 Å². The number of nitrogens with zero attached hydrogens (tertiary/aromatic N) is 1. The van der Waals surface area contributed by atoms with Crippen LogP contribution in [0.2, 0.25) is 0 Å². The number of benzene rings is 2. The molecule has 0 heterocycles. The summed E-state index contributed by atoms with van der Waals surface area (Å²) in [5.41, 5.74) is 6.95. The number of nitrogens with one attached hydrogen (secondary N) is 2. The zero-order valence-corrected chi connectivity index (χ0v) is 21.6. The van der Waals surface area contributed by atoms with Gasteiger partial charge in [0.15, 0.2) is 0 Å². The summed E-state index contributed by atoms with van der Waals surface area (Å²) in [5.74, 6) is -0.350. The molecular weight excluding hydrogens is 451 g/mol. The highest BCUT2D eigenvalue weighted by atomic mass is 32.2. The van der Waals surface area contributed by atoms with Crippen LogP contribution in [0.3, 0.4) is 0 Å². The molecule has 2 rings (SSSR count). The minimum absolute atomic E-state index is 0.196. The molecule has 0 unspecified atom stereocenters. The summed E-state index contributed by atoms with van der Waals surface area (Å²) in [6, 6.07) is 14.6. The number of aliphatic imine (C=N–C) groups is 1. The molecule has 0 aliphatic carbocycles. The van der Waals surface area contributed by atoms with Crippen molar-refractivity contribution in [3.63, 3.8) is 0 Å². The first-order chi connectivity index (χ1) is 16.2. The molecule has 0 aliphatic heterocycles. The molecule has 0 atom stereocenters. The number of halogens is 1. The van der Waals surface area contributed by atoms with Crippen LogP contribution in [0.4, 0.5) is 15.8 Å². The summed E-state index contributed by atoms with van der Waals surface area (Å²) in [7, 11) is 0. The number of amidine groups is 1. The first-order valence-corrected chi connectivity index (χ1v) is 12.4. The topological polar surface area (TPSA) is 96.6 Å². The van der Waals surface area contributed by atoms with Gasteiger partial charge in [0.1, 0.15) is 12.5 Å². The molecule has 2 aromatic rings. The summed E-state index contributed by atoms with van der Waals surface area (Å²) < 4.78 is 16.2. The number of nitrogens with two attached hydrogens (primary N) is 1. The number of alkyl halides is 1. The monoisotopic (exact) mass is 488 g/mol. The van der Waals surface area contributed by atoms with Gasteiger partial charge in [-0.25, -0.2) is 4.39 Å². The molecule has 0 aromatic heterocycles. The molecule has 6 nitrogen and oxygen atoms in total. The average molecular weight is 489 g/mol. The molecule has 0 bridgehead atoms. The van der Waals surface area contributed by atoms with Gasteiger partial charge >= 0.3 is 0 Å². The highest BCUT2D eigenvalue weighted by molar-refractivity contribution is 8.00. The Bertz CT molecular complexity index is 946. The molecule has 0 fully saturated rings. The molecule has 186 valence electrons. The Kier molecular flexibility index (Phi) is 13.0. The van der Waals surface area contributed by atoms with E-state index in [-0.39, 0.29) is 17.6 Å². The van der Waals surface area contributed by atoms with Gasteiger partial charge in [-0.15, -0.1) is 0 Å². The van der Waals surface area contributed by atoms with Crippen LogP contribution in [0.25, 0.3) is 0 Å². The molecule has 2 amide bonds. The van der Waals surface area contributed by atoms with E-state index in [1.807, 2.05) is 44.2 Å². The van der Waals surface area contributed by atoms with Crippen molar-refractivity contribution in [2.45, 2.75) is 65.2 Å². The molecule has 0 aliphatic rings. The van der Waals surface area contributed by atoms with Gasteiger partial charge < -0.3 is 15.8 Å². The van der Waals surface area contributed by atoms with Gasteiger partial charge in [0, 0.05) is 28.3 Å². The summed E-state index contributed by atoms with van der Waals surface area (Å²) >= 11 is 1.39. The molecule has 4 N–H and O–H groups in total. The van der Waals surface area contributed by atoms with Crippen LogP contribution in [0, 0.1) is 5.41 Å². The van der Waals surface area contributed by atoms with E-state index in [1.54, 1.807) is 32.0 Å². The molecule has 0 radical (unpaired) electrons. The minimum Gasteiger partial charge on any atom is -0.383 e. The molecule has 34 heavy (non-hydrogen) atoms. The quantitative estimate of drug-likeness (QED) is 0.144. The maximum Gasteiger partial charge on any atom is 0.247 e. The number of carbonyl (C=O) groups excluding carboxylic acids is 2. The maximum atomic E-state index is 13.0. The van der Waals surface area contributed by atoms with Crippen molar-refractivity contribution < 1.29 is 14.0 Å². The predicted molar refractivity (Wildman–Crippen MR) is 142 cm³/mol. The Morgan fingerprint density at radius 2 is 1.71 bits per heavy atom. The van der Waals surface area contributed by atoms with Gasteiger partial charge in [0.25, 0.3) is 0 Å². The lowest BCUT2D eigenvalue weighted by Gasteiger charge is -2.19. The van der Waals surface area contributed by atoms with Gasteiger partial charge in [-0.2, -0.15) is 4.99 Å². The lowest BCUT2D eigenvalue weighted by atomic mass is 9.94. The van der Waals surface area contributed by atoms with Gasteiger partial charge in [0.2, 0.25) is 11.8 Å². The Hall–Kier alpha value is -2.87. The zero-order valence-electron chi connectivity index (χ0n) is 20.8. The van der Waals surface area contributed by atoms with Crippen molar-refractivity contribution >= 4 is 41.0 Å². The number of amides is 2. The van der Waals surface area contributed by atoms with E-state index in [1.165, 1.54) is 11.9 Å². The number of hydrogen-bond acceptors (Lipinski definition) is 4. The smallest absolute Gasteiger partial charge is 0.247 e. The second-order valence-electron chi connectivity index (χ2n) is 8.13. The largest absolute Gasteiger partial charge is 0.383 e. The van der Waals surface area contributed by atoms with E-state index < -0.39 is 12.1 Å². The fourth-order valence-corrected chi connectivity index (χ4v) is 3.25. The van der Waals surface area contributed by atoms with Crippen molar-refractivity contribution in [2.24, 2.45) is 16.1 Å². The first-order valence-electron chi connectivity index (χ1n) is 11.6. The predicted octanol–water partition coefficient (Wildman–Crippen LogP) is 6.58. The van der Waals surface area contributed by atoms with Gasteiger partial charge in [0.05, 0.1) is 5.41 Å². The number of unbranched alkanes of at least 4 members (excludes halogenated alkanes) is 2. The van der Waals surface area contributed by atoms with Crippen LogP contribution >= 0.6 is 11.9 Å². The standard InChI is InChI=1S/C24H31FN4O2S.C2H6/c1-4-5-6-10-21(30)28-22(26)17-11-13-20(14-12-17)32-29-19-9-7-8-18(15-19)27-23(31)24(2,3)16-25;1-2/h7-9,11-15,29H,4-6,10,16H2,1-3H3,(H,27,31)(H2,26,28,30);1-2H3. The Balaban J connectivity index is 0.00000281. The number of hydrogen-bond donors (Lipinski definition) is 3. The van der Waals surface area contributed by atoms with Crippen LogP contribution in [0.1, 0.15) is 65.9 Å². The second-order valence-corrected chi connectivity index (χ2v) is 9.01. The van der Waals surface area contributed by atoms with E-state index in [2.05, 4.69) is 22.0 Å². The molecule has 0 saturated carbocycles. The highest BCUT2D eigenvalue weighted by Crippen LogP contribution is 2.25. The fraction of sp³-hybridized carbons (Fsp3) is 0.423. The third-order valence-electron chi connectivity index (χ3n) is 4.75. The van der Waals surface area contributed by atoms with Crippen LogP contribution in [0.15, 0.2) is 58.4 Å². The van der Waals surface area contributed by atoms with Crippen LogP contribution in [-0.4, -0.2) is 24.3 Å². The van der Waals surface area contributed by atoms with E-state index in [0.717, 1.165) is 29.8 Å². The molecule has 0 saturated heterocycles. The van der Waals surface area contributed by atoms with Crippen LogP contribution < -0.4 is 15.8 Å². The second kappa shape index (κ2) is 15.1. The summed E-state index contributed by atoms with van der Waals surface area (Å²) in [6.45, 7) is 8.47. The normalized spacial score (nSPS) is 11.3. The van der Waals surface area contributed by atoms with Crippen molar-refractivity contribution in [3.8, 4) is 0 Å². The third kappa shape index (κ3) is 9.95. The van der Waals surface area contributed by atoms with Crippen molar-refractivity contribution in [2.75, 3.05) is 16.7 Å². The summed E-state index contributed by atoms with van der Waals surface area (Å²) in [4.78, 5) is 28.9. The minimum atomic E-state index is -1.08. The zero-order chi connectivity index (χ0) is 25.6. The van der Waals surface area contributed by atoms with Gasteiger partial charge in [-0.1, -0.05) is 51.8 Å². The van der Waals surface area contributed by atoms with E-state index in [4.69, 9.17) is 5.73 Å². The summed E-state index contributed by atoms with van der Waals surface area (Å²) in [6.07, 6.45) is 3.30. The van der Waals surface area contributed by atoms with Gasteiger partial charge in [-0.05, 0) is 62.5 Å². The highest BCUT2D eigenvalue weighted by Gasteiger charge is 2.27. The Morgan fingerprint density at radius 3 is 2.32 bits per heavy atom. The molecular formula is C26H37FN4O2S. The Labute approximate surface area is 207 Å². The summed E-state index contributed by atoms with van der Waals surface area (Å²) in [5, 5.41) is 2.74.